The summed E-state index contributed by atoms with van der Waals surface area (Å²) in [4.78, 5) is 23.6. The van der Waals surface area contributed by atoms with Crippen molar-refractivity contribution in [1.29, 1.82) is 0 Å². The van der Waals surface area contributed by atoms with Crippen LogP contribution in [0.2, 0.25) is 0 Å². The Labute approximate surface area is 198 Å². The number of benzene rings is 1. The Morgan fingerprint density at radius 1 is 1.18 bits per heavy atom. The number of piperidine rings is 1. The van der Waals surface area contributed by atoms with Crippen molar-refractivity contribution in [2.75, 3.05) is 26.3 Å². The lowest BCUT2D eigenvalue weighted by Crippen LogP contribution is -2.51. The molecule has 1 aromatic carbocycles. The van der Waals surface area contributed by atoms with Gasteiger partial charge < -0.3 is 14.4 Å². The molecule has 0 N–H and O–H groups in total. The van der Waals surface area contributed by atoms with E-state index in [2.05, 4.69) is 16.0 Å². The van der Waals surface area contributed by atoms with Gasteiger partial charge in [0.2, 0.25) is 5.91 Å². The van der Waals surface area contributed by atoms with E-state index in [9.17, 15) is 4.79 Å². The third kappa shape index (κ3) is 5.53. The van der Waals surface area contributed by atoms with Crippen LogP contribution >= 0.6 is 11.3 Å². The van der Waals surface area contributed by atoms with Crippen LogP contribution in [0.15, 0.2) is 48.8 Å². The Kier molecular flexibility index (Phi) is 6.88. The molecule has 6 nitrogen and oxygen atoms in total. The first-order valence-corrected chi connectivity index (χ1v) is 12.8. The average molecular weight is 466 g/mol. The number of hydrogen-bond donors (Lipinski definition) is 0. The Bertz CT molecular complexity index is 1030. The van der Waals surface area contributed by atoms with Crippen LogP contribution in [0.1, 0.15) is 43.5 Å². The number of likely N-dealkylation sites (tertiary alicyclic amines) is 1. The lowest BCUT2D eigenvalue weighted by molar-refractivity contribution is -0.147. The van der Waals surface area contributed by atoms with E-state index in [1.165, 1.54) is 4.70 Å². The van der Waals surface area contributed by atoms with E-state index in [0.29, 0.717) is 12.3 Å². The van der Waals surface area contributed by atoms with Crippen molar-refractivity contribution in [3.63, 3.8) is 0 Å². The molecule has 2 aliphatic heterocycles. The van der Waals surface area contributed by atoms with Gasteiger partial charge in [-0.25, -0.2) is 4.98 Å². The zero-order chi connectivity index (χ0) is 22.5. The molecule has 0 saturated carbocycles. The van der Waals surface area contributed by atoms with Gasteiger partial charge in [0.1, 0.15) is 5.75 Å². The number of nitrogens with zero attached hydrogens (tertiary/aromatic N) is 3. The standard InChI is InChI=1S/C26H31N3O3S/c30-25(6-5-24-28-22-3-1-2-4-23(22)33-24)29-15-11-26(12-16-29)19-20(10-18-32-26)9-17-31-21-7-13-27-14-8-21/h1-4,7-8,13-14,20H,5-6,9-12,15-19H2. The predicted octanol–water partition coefficient (Wildman–Crippen LogP) is 4.88. The molecule has 2 aromatic heterocycles. The molecule has 7 heteroatoms. The summed E-state index contributed by atoms with van der Waals surface area (Å²) in [5.74, 6) is 1.73. The van der Waals surface area contributed by atoms with Crippen LogP contribution in [-0.4, -0.2) is 52.7 Å². The third-order valence-electron chi connectivity index (χ3n) is 6.96. The van der Waals surface area contributed by atoms with Gasteiger partial charge in [-0.1, -0.05) is 12.1 Å². The van der Waals surface area contributed by atoms with Gasteiger partial charge in [0.15, 0.2) is 0 Å². The molecule has 5 rings (SSSR count). The normalized spacial score (nSPS) is 20.2. The van der Waals surface area contributed by atoms with E-state index in [0.717, 1.165) is 81.1 Å². The number of hydrogen-bond acceptors (Lipinski definition) is 6. The second-order valence-electron chi connectivity index (χ2n) is 9.17. The summed E-state index contributed by atoms with van der Waals surface area (Å²) in [7, 11) is 0. The minimum absolute atomic E-state index is 0.0661. The molecule has 0 aliphatic carbocycles. The zero-order valence-electron chi connectivity index (χ0n) is 18.9. The van der Waals surface area contributed by atoms with Crippen LogP contribution in [0.4, 0.5) is 0 Å². The number of carbonyl (C=O) groups excluding carboxylic acids is 1. The summed E-state index contributed by atoms with van der Waals surface area (Å²) in [5.41, 5.74) is 0.962. The molecule has 174 valence electrons. The summed E-state index contributed by atoms with van der Waals surface area (Å²) in [5, 5.41) is 1.05. The van der Waals surface area contributed by atoms with Crippen molar-refractivity contribution in [2.45, 2.75) is 50.5 Å². The largest absolute Gasteiger partial charge is 0.493 e. The summed E-state index contributed by atoms with van der Waals surface area (Å²) in [6.07, 6.45) is 9.83. The Balaban J connectivity index is 1.07. The van der Waals surface area contributed by atoms with Crippen LogP contribution in [0.25, 0.3) is 10.2 Å². The number of fused-ring (bicyclic) bond motifs is 1. The van der Waals surface area contributed by atoms with E-state index in [-0.39, 0.29) is 11.5 Å². The maximum absolute atomic E-state index is 12.8. The Morgan fingerprint density at radius 2 is 2.00 bits per heavy atom. The molecule has 1 atom stereocenters. The lowest BCUT2D eigenvalue weighted by Gasteiger charge is -2.46. The maximum atomic E-state index is 12.8. The summed E-state index contributed by atoms with van der Waals surface area (Å²) >= 11 is 1.69. The minimum Gasteiger partial charge on any atom is -0.493 e. The van der Waals surface area contributed by atoms with Gasteiger partial charge in [-0.3, -0.25) is 9.78 Å². The highest BCUT2D eigenvalue weighted by Crippen LogP contribution is 2.39. The Hall–Kier alpha value is -2.51. The van der Waals surface area contributed by atoms with Crippen LogP contribution in [0, 0.1) is 5.92 Å². The molecule has 0 bridgehead atoms. The number of aromatic nitrogens is 2. The monoisotopic (exact) mass is 465 g/mol. The van der Waals surface area contributed by atoms with Crippen LogP contribution in [0.5, 0.6) is 5.75 Å². The molecular formula is C26H31N3O3S. The van der Waals surface area contributed by atoms with E-state index in [1.807, 2.05) is 35.2 Å². The van der Waals surface area contributed by atoms with Crippen LogP contribution in [0.3, 0.4) is 0 Å². The van der Waals surface area contributed by atoms with E-state index < -0.39 is 0 Å². The highest BCUT2D eigenvalue weighted by Gasteiger charge is 2.40. The number of carbonyl (C=O) groups is 1. The fraction of sp³-hybridized carbons (Fsp3) is 0.500. The van der Waals surface area contributed by atoms with Gasteiger partial charge in [-0.05, 0) is 62.3 Å². The van der Waals surface area contributed by atoms with Crippen LogP contribution in [-0.2, 0) is 16.0 Å². The number of pyridine rings is 1. The lowest BCUT2D eigenvalue weighted by atomic mass is 9.78. The van der Waals surface area contributed by atoms with Crippen molar-refractivity contribution >= 4 is 27.5 Å². The molecular weight excluding hydrogens is 434 g/mol. The molecule has 33 heavy (non-hydrogen) atoms. The van der Waals surface area contributed by atoms with Gasteiger partial charge >= 0.3 is 0 Å². The molecule has 2 fully saturated rings. The van der Waals surface area contributed by atoms with Gasteiger partial charge in [0.05, 0.1) is 27.4 Å². The molecule has 4 heterocycles. The van der Waals surface area contributed by atoms with Crippen molar-refractivity contribution in [3.05, 3.63) is 53.8 Å². The maximum Gasteiger partial charge on any atom is 0.222 e. The topological polar surface area (TPSA) is 64.6 Å². The number of rotatable bonds is 7. The predicted molar refractivity (Wildman–Crippen MR) is 130 cm³/mol. The number of para-hydroxylation sites is 1. The highest BCUT2D eigenvalue weighted by molar-refractivity contribution is 7.18. The first-order chi connectivity index (χ1) is 16.2. The number of amides is 1. The molecule has 2 aliphatic rings. The van der Waals surface area contributed by atoms with Gasteiger partial charge in [-0.2, -0.15) is 0 Å². The van der Waals surface area contributed by atoms with Crippen LogP contribution < -0.4 is 4.74 Å². The van der Waals surface area contributed by atoms with E-state index in [1.54, 1.807) is 23.7 Å². The number of ether oxygens (including phenoxy) is 2. The van der Waals surface area contributed by atoms with Gasteiger partial charge in [0.25, 0.3) is 0 Å². The van der Waals surface area contributed by atoms with E-state index in [4.69, 9.17) is 9.47 Å². The van der Waals surface area contributed by atoms with E-state index >= 15 is 0 Å². The second-order valence-corrected chi connectivity index (χ2v) is 10.3. The molecule has 1 unspecified atom stereocenters. The molecule has 0 radical (unpaired) electrons. The fourth-order valence-electron chi connectivity index (χ4n) is 5.06. The van der Waals surface area contributed by atoms with Gasteiger partial charge in [-0.15, -0.1) is 11.3 Å². The highest BCUT2D eigenvalue weighted by atomic mass is 32.1. The summed E-state index contributed by atoms with van der Waals surface area (Å²) in [6.45, 7) is 3.12. The molecule has 3 aromatic rings. The van der Waals surface area contributed by atoms with Gasteiger partial charge in [0, 0.05) is 44.9 Å². The Morgan fingerprint density at radius 3 is 2.82 bits per heavy atom. The summed E-state index contributed by atoms with van der Waals surface area (Å²) in [6, 6.07) is 12.0. The fourth-order valence-corrected chi connectivity index (χ4v) is 6.03. The molecule has 2 saturated heterocycles. The number of thiazole rings is 1. The minimum atomic E-state index is -0.0661. The first-order valence-electron chi connectivity index (χ1n) is 12.0. The van der Waals surface area contributed by atoms with Crippen molar-refractivity contribution in [3.8, 4) is 5.75 Å². The first kappa shape index (κ1) is 22.3. The molecule has 1 amide bonds. The van der Waals surface area contributed by atoms with Crippen molar-refractivity contribution in [1.82, 2.24) is 14.9 Å². The van der Waals surface area contributed by atoms with Crippen molar-refractivity contribution < 1.29 is 14.3 Å². The molecule has 1 spiro atoms. The summed E-state index contributed by atoms with van der Waals surface area (Å²) < 4.78 is 13.4. The SMILES string of the molecule is O=C(CCc1nc2ccccc2s1)N1CCC2(CC1)CC(CCOc1ccncc1)CCO2. The second kappa shape index (κ2) is 10.2. The quantitative estimate of drug-likeness (QED) is 0.498. The smallest absolute Gasteiger partial charge is 0.222 e. The van der Waals surface area contributed by atoms with Crippen molar-refractivity contribution in [2.24, 2.45) is 5.92 Å². The average Bonchev–Trinajstić information content (AvgIpc) is 3.27. The zero-order valence-corrected chi connectivity index (χ0v) is 19.8. The third-order valence-corrected chi connectivity index (χ3v) is 8.05. The number of aryl methyl sites for hydroxylation is 1.